The maximum absolute atomic E-state index is 11.9. The fourth-order valence-corrected chi connectivity index (χ4v) is 3.27. The van der Waals surface area contributed by atoms with Crippen LogP contribution < -0.4 is 0 Å². The minimum absolute atomic E-state index is 0.115. The Morgan fingerprint density at radius 3 is 2.60 bits per heavy atom. The standard InChI is InChI=1S/C17H30O3/c1-3-4-9-14-12-13-16(18)15(14)10-7-5-6-8-11-17(19)20-2/h14-15H,3-13H2,1-2H3. The smallest absolute Gasteiger partial charge is 0.305 e. The van der Waals surface area contributed by atoms with Crippen molar-refractivity contribution < 1.29 is 14.3 Å². The van der Waals surface area contributed by atoms with Crippen molar-refractivity contribution in [2.45, 2.75) is 77.6 Å². The molecule has 0 aromatic carbocycles. The lowest BCUT2D eigenvalue weighted by Gasteiger charge is -2.17. The van der Waals surface area contributed by atoms with Crippen LogP contribution in [0.5, 0.6) is 0 Å². The summed E-state index contributed by atoms with van der Waals surface area (Å²) in [4.78, 5) is 22.9. The molecule has 1 aliphatic carbocycles. The summed E-state index contributed by atoms with van der Waals surface area (Å²) in [5.41, 5.74) is 0. The zero-order chi connectivity index (χ0) is 14.8. The first-order valence-corrected chi connectivity index (χ1v) is 8.28. The van der Waals surface area contributed by atoms with Crippen LogP contribution in [0.4, 0.5) is 0 Å². The number of carbonyl (C=O) groups is 2. The SMILES string of the molecule is CCCCC1CCC(=O)C1CCCCCCC(=O)OC. The van der Waals surface area contributed by atoms with Gasteiger partial charge >= 0.3 is 5.97 Å². The summed E-state index contributed by atoms with van der Waals surface area (Å²) in [7, 11) is 1.44. The lowest BCUT2D eigenvalue weighted by atomic mass is 9.86. The number of ether oxygens (including phenoxy) is 1. The second-order valence-electron chi connectivity index (χ2n) is 6.04. The van der Waals surface area contributed by atoms with Gasteiger partial charge in [0, 0.05) is 18.8 Å². The van der Waals surface area contributed by atoms with Crippen molar-refractivity contribution in [1.29, 1.82) is 0 Å². The first-order valence-electron chi connectivity index (χ1n) is 8.28. The first kappa shape index (κ1) is 17.2. The van der Waals surface area contributed by atoms with Gasteiger partial charge in [0.25, 0.3) is 0 Å². The van der Waals surface area contributed by atoms with Crippen molar-refractivity contribution in [1.82, 2.24) is 0 Å². The van der Waals surface area contributed by atoms with E-state index in [1.165, 1.54) is 26.4 Å². The Bertz CT molecular complexity index is 299. The molecule has 0 bridgehead atoms. The maximum atomic E-state index is 11.9. The molecule has 2 unspecified atom stereocenters. The van der Waals surface area contributed by atoms with Gasteiger partial charge in [0.15, 0.2) is 0 Å². The molecule has 1 saturated carbocycles. The van der Waals surface area contributed by atoms with Gasteiger partial charge in [-0.15, -0.1) is 0 Å². The number of methoxy groups -OCH3 is 1. The van der Waals surface area contributed by atoms with Crippen LogP contribution >= 0.6 is 0 Å². The summed E-state index contributed by atoms with van der Waals surface area (Å²) < 4.78 is 4.62. The largest absolute Gasteiger partial charge is 0.469 e. The molecule has 0 aromatic rings. The predicted octanol–water partition coefficient (Wildman–Crippen LogP) is 4.29. The Hall–Kier alpha value is -0.860. The van der Waals surface area contributed by atoms with Gasteiger partial charge < -0.3 is 4.74 Å². The highest BCUT2D eigenvalue weighted by atomic mass is 16.5. The van der Waals surface area contributed by atoms with Crippen molar-refractivity contribution in [2.24, 2.45) is 11.8 Å². The fraction of sp³-hybridized carbons (Fsp3) is 0.882. The molecule has 3 nitrogen and oxygen atoms in total. The van der Waals surface area contributed by atoms with E-state index < -0.39 is 0 Å². The third-order valence-electron chi connectivity index (χ3n) is 4.55. The summed E-state index contributed by atoms with van der Waals surface area (Å²) in [6.45, 7) is 2.22. The number of carbonyl (C=O) groups excluding carboxylic acids is 2. The van der Waals surface area contributed by atoms with Gasteiger partial charge in [0.1, 0.15) is 5.78 Å². The highest BCUT2D eigenvalue weighted by molar-refractivity contribution is 5.83. The van der Waals surface area contributed by atoms with E-state index in [2.05, 4.69) is 11.7 Å². The third-order valence-corrected chi connectivity index (χ3v) is 4.55. The summed E-state index contributed by atoms with van der Waals surface area (Å²) >= 11 is 0. The van der Waals surface area contributed by atoms with Gasteiger partial charge in [-0.2, -0.15) is 0 Å². The molecular formula is C17H30O3. The van der Waals surface area contributed by atoms with E-state index in [0.29, 0.717) is 24.0 Å². The van der Waals surface area contributed by atoms with E-state index in [4.69, 9.17) is 0 Å². The number of ketones is 1. The average Bonchev–Trinajstić information content (AvgIpc) is 2.80. The van der Waals surface area contributed by atoms with E-state index in [0.717, 1.165) is 44.9 Å². The molecule has 0 heterocycles. The molecule has 1 fully saturated rings. The van der Waals surface area contributed by atoms with Gasteiger partial charge in [-0.3, -0.25) is 9.59 Å². The Morgan fingerprint density at radius 2 is 1.90 bits per heavy atom. The first-order chi connectivity index (χ1) is 9.69. The molecule has 1 rings (SSSR count). The van der Waals surface area contributed by atoms with Gasteiger partial charge in [0.05, 0.1) is 7.11 Å². The zero-order valence-electron chi connectivity index (χ0n) is 13.2. The van der Waals surface area contributed by atoms with Gasteiger partial charge in [-0.25, -0.2) is 0 Å². The minimum atomic E-state index is -0.115. The van der Waals surface area contributed by atoms with Crippen LogP contribution in [0.3, 0.4) is 0 Å². The van der Waals surface area contributed by atoms with Crippen molar-refractivity contribution in [3.8, 4) is 0 Å². The molecule has 1 aliphatic rings. The van der Waals surface area contributed by atoms with Crippen LogP contribution in [-0.2, 0) is 14.3 Å². The second kappa shape index (κ2) is 9.95. The quantitative estimate of drug-likeness (QED) is 0.443. The van der Waals surface area contributed by atoms with E-state index in [-0.39, 0.29) is 5.97 Å². The number of Topliss-reactive ketones (excluding diaryl/α,β-unsaturated/α-hetero) is 1. The number of esters is 1. The molecule has 0 N–H and O–H groups in total. The zero-order valence-corrected chi connectivity index (χ0v) is 13.2. The van der Waals surface area contributed by atoms with E-state index >= 15 is 0 Å². The van der Waals surface area contributed by atoms with Crippen molar-refractivity contribution in [3.05, 3.63) is 0 Å². The molecule has 20 heavy (non-hydrogen) atoms. The lowest BCUT2D eigenvalue weighted by molar-refractivity contribution is -0.140. The molecule has 0 spiro atoms. The predicted molar refractivity (Wildman–Crippen MR) is 80.5 cm³/mol. The number of rotatable bonds is 10. The van der Waals surface area contributed by atoms with Crippen LogP contribution in [0, 0.1) is 11.8 Å². The van der Waals surface area contributed by atoms with Crippen molar-refractivity contribution in [2.75, 3.05) is 7.11 Å². The molecule has 116 valence electrons. The summed E-state index contributed by atoms with van der Waals surface area (Å²) in [6.07, 6.45) is 11.5. The Morgan fingerprint density at radius 1 is 1.15 bits per heavy atom. The van der Waals surface area contributed by atoms with Crippen LogP contribution in [-0.4, -0.2) is 18.9 Å². The number of hydrogen-bond donors (Lipinski definition) is 0. The normalized spacial score (nSPS) is 22.2. The van der Waals surface area contributed by atoms with Crippen LogP contribution in [0.1, 0.15) is 77.6 Å². The Balaban J connectivity index is 2.12. The highest BCUT2D eigenvalue weighted by Gasteiger charge is 2.33. The van der Waals surface area contributed by atoms with Gasteiger partial charge in [-0.05, 0) is 31.6 Å². The van der Waals surface area contributed by atoms with Crippen molar-refractivity contribution >= 4 is 11.8 Å². The Labute approximate surface area is 123 Å². The van der Waals surface area contributed by atoms with E-state index in [1.807, 2.05) is 0 Å². The molecular weight excluding hydrogens is 252 g/mol. The summed E-state index contributed by atoms with van der Waals surface area (Å²) in [5.74, 6) is 1.37. The summed E-state index contributed by atoms with van der Waals surface area (Å²) in [6, 6.07) is 0. The topological polar surface area (TPSA) is 43.4 Å². The monoisotopic (exact) mass is 282 g/mol. The Kier molecular flexibility index (Phi) is 8.56. The minimum Gasteiger partial charge on any atom is -0.469 e. The van der Waals surface area contributed by atoms with Gasteiger partial charge in [-0.1, -0.05) is 39.0 Å². The van der Waals surface area contributed by atoms with Crippen LogP contribution in [0.15, 0.2) is 0 Å². The number of unbranched alkanes of at least 4 members (excludes halogenated alkanes) is 4. The lowest BCUT2D eigenvalue weighted by Crippen LogP contribution is -2.14. The molecule has 0 aliphatic heterocycles. The average molecular weight is 282 g/mol. The fourth-order valence-electron chi connectivity index (χ4n) is 3.27. The van der Waals surface area contributed by atoms with Crippen molar-refractivity contribution in [3.63, 3.8) is 0 Å². The second-order valence-corrected chi connectivity index (χ2v) is 6.04. The molecule has 0 aromatic heterocycles. The molecule has 0 radical (unpaired) electrons. The molecule has 0 amide bonds. The molecule has 3 heteroatoms. The van der Waals surface area contributed by atoms with Crippen LogP contribution in [0.25, 0.3) is 0 Å². The molecule has 2 atom stereocenters. The number of hydrogen-bond acceptors (Lipinski definition) is 3. The molecule has 0 saturated heterocycles. The third kappa shape index (κ3) is 6.06. The maximum Gasteiger partial charge on any atom is 0.305 e. The summed E-state index contributed by atoms with van der Waals surface area (Å²) in [5, 5.41) is 0. The van der Waals surface area contributed by atoms with Gasteiger partial charge in [0.2, 0.25) is 0 Å². The van der Waals surface area contributed by atoms with E-state index in [1.54, 1.807) is 0 Å². The van der Waals surface area contributed by atoms with Crippen LogP contribution in [0.2, 0.25) is 0 Å². The highest BCUT2D eigenvalue weighted by Crippen LogP contribution is 2.36. The van der Waals surface area contributed by atoms with E-state index in [9.17, 15) is 9.59 Å².